The van der Waals surface area contributed by atoms with Gasteiger partial charge in [0.25, 0.3) is 5.88 Å². The number of hydrogen-bond donors (Lipinski definition) is 2. The van der Waals surface area contributed by atoms with Crippen molar-refractivity contribution in [2.24, 2.45) is 5.73 Å². The van der Waals surface area contributed by atoms with Gasteiger partial charge in [0.15, 0.2) is 0 Å². The van der Waals surface area contributed by atoms with Crippen LogP contribution < -0.4 is 10.5 Å². The van der Waals surface area contributed by atoms with Crippen LogP contribution in [0.4, 0.5) is 0 Å². The lowest BCUT2D eigenvalue weighted by Gasteiger charge is -1.93. The molecule has 3 N–H and O–H groups in total. The Hall–Kier alpha value is -1.43. The van der Waals surface area contributed by atoms with Crippen LogP contribution in [0.5, 0.6) is 5.88 Å². The first-order valence-corrected chi connectivity index (χ1v) is 2.59. The minimum Gasteiger partial charge on any atom is -0.403 e. The lowest BCUT2D eigenvalue weighted by Crippen LogP contribution is -2.19. The van der Waals surface area contributed by atoms with E-state index in [1.54, 1.807) is 0 Å². The maximum absolute atomic E-state index is 10.5. The number of rotatable bonds is 2. The maximum Gasteiger partial charge on any atom is 0.326 e. The number of aromatic nitrogens is 3. The van der Waals surface area contributed by atoms with Crippen LogP contribution in [0.2, 0.25) is 0 Å². The van der Waals surface area contributed by atoms with E-state index in [1.165, 1.54) is 6.20 Å². The van der Waals surface area contributed by atoms with E-state index in [0.717, 1.165) is 0 Å². The van der Waals surface area contributed by atoms with E-state index in [0.29, 0.717) is 0 Å². The Morgan fingerprint density at radius 3 is 3.20 bits per heavy atom. The molecular formula is C4H6N4O2. The summed E-state index contributed by atoms with van der Waals surface area (Å²) in [6.07, 6.45) is 1.29. The fraction of sp³-hybridized carbons (Fsp3) is 0.250. The number of nitrogens with one attached hydrogen (secondary N) is 1. The van der Waals surface area contributed by atoms with Crippen LogP contribution in [0, 0.1) is 0 Å². The van der Waals surface area contributed by atoms with Crippen LogP contribution in [0.3, 0.4) is 0 Å². The molecule has 0 atom stereocenters. The Balaban J connectivity index is 2.48. The number of esters is 1. The Kier molecular flexibility index (Phi) is 1.96. The van der Waals surface area contributed by atoms with Gasteiger partial charge in [0.2, 0.25) is 0 Å². The summed E-state index contributed by atoms with van der Waals surface area (Å²) in [5, 5.41) is 9.17. The van der Waals surface area contributed by atoms with Gasteiger partial charge < -0.3 is 10.5 Å². The highest BCUT2D eigenvalue weighted by Gasteiger charge is 2.02. The van der Waals surface area contributed by atoms with Crippen LogP contribution in [0.25, 0.3) is 0 Å². The van der Waals surface area contributed by atoms with Crippen LogP contribution in [0.1, 0.15) is 0 Å². The summed E-state index contributed by atoms with van der Waals surface area (Å²) < 4.78 is 4.53. The molecule has 10 heavy (non-hydrogen) atoms. The van der Waals surface area contributed by atoms with E-state index >= 15 is 0 Å². The minimum absolute atomic E-state index is 0.135. The molecule has 1 aromatic rings. The summed E-state index contributed by atoms with van der Waals surface area (Å²) in [5.41, 5.74) is 4.96. The van der Waals surface area contributed by atoms with Crippen molar-refractivity contribution in [3.8, 4) is 5.88 Å². The van der Waals surface area contributed by atoms with Gasteiger partial charge in [0.05, 0.1) is 6.54 Å². The lowest BCUT2D eigenvalue weighted by molar-refractivity contribution is -0.133. The zero-order valence-corrected chi connectivity index (χ0v) is 5.07. The molecule has 0 aliphatic rings. The van der Waals surface area contributed by atoms with Gasteiger partial charge in [-0.05, 0) is 0 Å². The van der Waals surface area contributed by atoms with Crippen molar-refractivity contribution in [1.82, 2.24) is 15.4 Å². The molecule has 0 aliphatic heterocycles. The van der Waals surface area contributed by atoms with E-state index in [9.17, 15) is 4.79 Å². The van der Waals surface area contributed by atoms with E-state index in [4.69, 9.17) is 5.73 Å². The molecule has 0 aliphatic carbocycles. The third kappa shape index (κ3) is 1.52. The molecule has 1 rings (SSSR count). The topological polar surface area (TPSA) is 93.9 Å². The van der Waals surface area contributed by atoms with Crippen molar-refractivity contribution < 1.29 is 9.53 Å². The standard InChI is InChI=1S/C4H6N4O2/c5-1-4(9)10-3-2-6-8-7-3/h2H,1,5H2,(H,6,7,8). The third-order valence-corrected chi connectivity index (χ3v) is 0.778. The number of hydrogen-bond acceptors (Lipinski definition) is 5. The second-order valence-corrected chi connectivity index (χ2v) is 1.49. The summed E-state index contributed by atoms with van der Waals surface area (Å²) in [5.74, 6) is -0.399. The number of ether oxygens (including phenoxy) is 1. The smallest absolute Gasteiger partial charge is 0.326 e. The van der Waals surface area contributed by atoms with Crippen LogP contribution >= 0.6 is 0 Å². The molecule has 54 valence electrons. The summed E-state index contributed by atoms with van der Waals surface area (Å²) in [6, 6.07) is 0. The molecule has 0 unspecified atom stereocenters. The van der Waals surface area contributed by atoms with Crippen molar-refractivity contribution in [3.63, 3.8) is 0 Å². The average molecular weight is 142 g/mol. The van der Waals surface area contributed by atoms with Gasteiger partial charge in [-0.3, -0.25) is 4.79 Å². The van der Waals surface area contributed by atoms with E-state index in [1.807, 2.05) is 0 Å². The summed E-state index contributed by atoms with van der Waals surface area (Å²) >= 11 is 0. The number of carbonyl (C=O) groups excluding carboxylic acids is 1. The van der Waals surface area contributed by atoms with Gasteiger partial charge in [0.1, 0.15) is 6.20 Å². The predicted octanol–water partition coefficient (Wildman–Crippen LogP) is -1.33. The van der Waals surface area contributed by atoms with E-state index in [-0.39, 0.29) is 12.4 Å². The average Bonchev–Trinajstić information content (AvgIpc) is 2.40. The molecule has 0 bridgehead atoms. The van der Waals surface area contributed by atoms with Crippen LogP contribution in [-0.2, 0) is 4.79 Å². The van der Waals surface area contributed by atoms with Gasteiger partial charge in [-0.1, -0.05) is 0 Å². The summed E-state index contributed by atoms with van der Waals surface area (Å²) in [6.45, 7) is -0.160. The molecule has 0 saturated heterocycles. The van der Waals surface area contributed by atoms with Crippen LogP contribution in [-0.4, -0.2) is 27.9 Å². The van der Waals surface area contributed by atoms with Crippen molar-refractivity contribution in [1.29, 1.82) is 0 Å². The van der Waals surface area contributed by atoms with Crippen LogP contribution in [0.15, 0.2) is 6.20 Å². The zero-order valence-electron chi connectivity index (χ0n) is 5.07. The first kappa shape index (κ1) is 6.69. The van der Waals surface area contributed by atoms with Gasteiger partial charge in [-0.15, -0.1) is 5.10 Å². The Bertz CT molecular complexity index is 207. The number of nitrogens with two attached hydrogens (primary N) is 1. The number of aromatic amines is 1. The molecule has 0 spiro atoms. The minimum atomic E-state index is -0.533. The maximum atomic E-state index is 10.5. The fourth-order valence-electron chi connectivity index (χ4n) is 0.399. The number of H-pyrrole nitrogens is 1. The molecule has 0 amide bonds. The molecular weight excluding hydrogens is 136 g/mol. The first-order valence-electron chi connectivity index (χ1n) is 2.59. The first-order chi connectivity index (χ1) is 4.83. The molecule has 0 aromatic carbocycles. The molecule has 6 nitrogen and oxygen atoms in total. The van der Waals surface area contributed by atoms with Gasteiger partial charge >= 0.3 is 5.97 Å². The van der Waals surface area contributed by atoms with Crippen molar-refractivity contribution in [2.75, 3.05) is 6.54 Å². The molecule has 0 radical (unpaired) electrons. The monoisotopic (exact) mass is 142 g/mol. The Labute approximate surface area is 56.4 Å². The third-order valence-electron chi connectivity index (χ3n) is 0.778. The second-order valence-electron chi connectivity index (χ2n) is 1.49. The molecule has 1 aromatic heterocycles. The highest BCUT2D eigenvalue weighted by atomic mass is 16.5. The number of nitrogens with zero attached hydrogens (tertiary/aromatic N) is 2. The van der Waals surface area contributed by atoms with Crippen molar-refractivity contribution in [2.45, 2.75) is 0 Å². The number of carbonyl (C=O) groups is 1. The lowest BCUT2D eigenvalue weighted by atomic mass is 10.7. The SMILES string of the molecule is NCC(=O)Oc1cn[nH]n1. The summed E-state index contributed by atoms with van der Waals surface area (Å²) in [4.78, 5) is 10.5. The fourth-order valence-corrected chi connectivity index (χ4v) is 0.399. The largest absolute Gasteiger partial charge is 0.403 e. The highest BCUT2D eigenvalue weighted by Crippen LogP contribution is 1.98. The van der Waals surface area contributed by atoms with E-state index in [2.05, 4.69) is 20.1 Å². The predicted molar refractivity (Wildman–Crippen MR) is 31.1 cm³/mol. The highest BCUT2D eigenvalue weighted by molar-refractivity contribution is 5.73. The van der Waals surface area contributed by atoms with Crippen molar-refractivity contribution >= 4 is 5.97 Å². The molecule has 1 heterocycles. The summed E-state index contributed by atoms with van der Waals surface area (Å²) in [7, 11) is 0. The molecule has 6 heteroatoms. The van der Waals surface area contributed by atoms with Gasteiger partial charge in [0, 0.05) is 0 Å². The van der Waals surface area contributed by atoms with Gasteiger partial charge in [-0.2, -0.15) is 10.3 Å². The molecule has 0 saturated carbocycles. The Morgan fingerprint density at radius 2 is 2.70 bits per heavy atom. The molecule has 0 fully saturated rings. The second kappa shape index (κ2) is 2.92. The quantitative estimate of drug-likeness (QED) is 0.499. The zero-order chi connectivity index (χ0) is 7.40. The van der Waals surface area contributed by atoms with E-state index < -0.39 is 5.97 Å². The van der Waals surface area contributed by atoms with Crippen molar-refractivity contribution in [3.05, 3.63) is 6.20 Å². The Morgan fingerprint density at radius 1 is 1.90 bits per heavy atom. The van der Waals surface area contributed by atoms with Gasteiger partial charge in [-0.25, -0.2) is 0 Å². The normalized spacial score (nSPS) is 9.30.